The van der Waals surface area contributed by atoms with Crippen molar-refractivity contribution in [3.63, 3.8) is 0 Å². The minimum Gasteiger partial charge on any atom is -0.365 e. The molecule has 0 fully saturated rings. The number of unbranched alkanes of at least 4 members (excludes halogenated alkanes) is 11. The predicted molar refractivity (Wildman–Crippen MR) is 111 cm³/mol. The van der Waals surface area contributed by atoms with E-state index in [2.05, 4.69) is 19.1 Å². The minimum atomic E-state index is -1.14. The maximum absolute atomic E-state index is 9.63. The summed E-state index contributed by atoms with van der Waals surface area (Å²) in [6.07, 6.45) is 17.9. The first-order valence-electron chi connectivity index (χ1n) is 10.4. The van der Waals surface area contributed by atoms with Crippen molar-refractivity contribution in [2.24, 2.45) is 0 Å². The number of rotatable bonds is 16. The third-order valence-corrected chi connectivity index (χ3v) is 7.17. The average molecular weight is 367 g/mol. The molecule has 0 aliphatic heterocycles. The number of aliphatic hydroxyl groups excluding tert-OH is 1. The maximum atomic E-state index is 9.63. The molecule has 3 heteroatoms. The molecular formula is C22H39O2P. The fraction of sp³-hybridized carbons (Fsp3) is 0.727. The summed E-state index contributed by atoms with van der Waals surface area (Å²) in [7, 11) is -0.723. The van der Waals surface area contributed by atoms with Crippen molar-refractivity contribution in [2.75, 3.05) is 6.16 Å². The van der Waals surface area contributed by atoms with Crippen molar-refractivity contribution in [1.29, 1.82) is 0 Å². The summed E-state index contributed by atoms with van der Waals surface area (Å²) < 4.78 is 0. The zero-order valence-corrected chi connectivity index (χ0v) is 17.1. The van der Waals surface area contributed by atoms with Gasteiger partial charge in [0.15, 0.2) is 6.03 Å². The van der Waals surface area contributed by atoms with Crippen LogP contribution in [0.1, 0.15) is 89.5 Å². The average Bonchev–Trinajstić information content (AvgIpc) is 2.62. The number of aliphatic hydroxyl groups is 2. The van der Waals surface area contributed by atoms with Gasteiger partial charge < -0.3 is 10.2 Å². The smallest absolute Gasteiger partial charge is 0.170 e. The Labute approximate surface area is 156 Å². The Kier molecular flexibility index (Phi) is 14.3. The van der Waals surface area contributed by atoms with Crippen LogP contribution in [-0.2, 0) is 6.16 Å². The van der Waals surface area contributed by atoms with Gasteiger partial charge in [-0.15, -0.1) is 0 Å². The molecular weight excluding hydrogens is 327 g/mol. The zero-order chi connectivity index (χ0) is 18.2. The largest absolute Gasteiger partial charge is 0.365 e. The van der Waals surface area contributed by atoms with E-state index in [1.165, 1.54) is 76.2 Å². The molecule has 1 atom stereocenters. The molecule has 25 heavy (non-hydrogen) atoms. The van der Waals surface area contributed by atoms with Gasteiger partial charge in [0.1, 0.15) is 0 Å². The molecule has 1 unspecified atom stereocenters. The lowest BCUT2D eigenvalue weighted by Gasteiger charge is -2.19. The lowest BCUT2D eigenvalue weighted by molar-refractivity contribution is 0.0342. The maximum Gasteiger partial charge on any atom is 0.170 e. The van der Waals surface area contributed by atoms with Crippen molar-refractivity contribution in [2.45, 2.75) is 96.2 Å². The number of hydrogen-bond donors (Lipinski definition) is 2. The van der Waals surface area contributed by atoms with Crippen LogP contribution in [0.3, 0.4) is 0 Å². The molecule has 0 saturated heterocycles. The van der Waals surface area contributed by atoms with E-state index in [4.69, 9.17) is 0 Å². The van der Waals surface area contributed by atoms with E-state index in [1.807, 2.05) is 18.2 Å². The molecule has 1 aromatic rings. The van der Waals surface area contributed by atoms with Gasteiger partial charge in [-0.05, 0) is 32.2 Å². The van der Waals surface area contributed by atoms with E-state index in [0.29, 0.717) is 0 Å². The van der Waals surface area contributed by atoms with Gasteiger partial charge in [0, 0.05) is 0 Å². The van der Waals surface area contributed by atoms with Crippen molar-refractivity contribution in [3.05, 3.63) is 35.9 Å². The second-order valence-corrected chi connectivity index (χ2v) is 9.59. The quantitative estimate of drug-likeness (QED) is 0.196. The molecule has 2 nitrogen and oxygen atoms in total. The first kappa shape index (κ1) is 22.6. The first-order chi connectivity index (χ1) is 12.2. The molecule has 0 heterocycles. The lowest BCUT2D eigenvalue weighted by atomic mass is 10.1. The molecule has 0 saturated carbocycles. The van der Waals surface area contributed by atoms with E-state index in [1.54, 1.807) is 0 Å². The summed E-state index contributed by atoms with van der Waals surface area (Å²) in [5.74, 6) is 0. The predicted octanol–water partition coefficient (Wildman–Crippen LogP) is 6.64. The fourth-order valence-corrected chi connectivity index (χ4v) is 5.11. The van der Waals surface area contributed by atoms with Gasteiger partial charge in [-0.2, -0.15) is 0 Å². The Bertz CT molecular complexity index is 394. The Hall–Kier alpha value is -0.430. The monoisotopic (exact) mass is 366 g/mol. The summed E-state index contributed by atoms with van der Waals surface area (Å²) >= 11 is 0. The molecule has 1 aromatic carbocycles. The third-order valence-electron chi connectivity index (χ3n) is 4.85. The lowest BCUT2D eigenvalue weighted by Crippen LogP contribution is -2.06. The molecule has 0 radical (unpaired) electrons. The zero-order valence-electron chi connectivity index (χ0n) is 16.2. The summed E-state index contributed by atoms with van der Waals surface area (Å²) in [6.45, 7) is 2.27. The Morgan fingerprint density at radius 1 is 0.720 bits per heavy atom. The molecule has 1 rings (SSSR count). The molecule has 144 valence electrons. The van der Waals surface area contributed by atoms with Crippen molar-refractivity contribution in [1.82, 2.24) is 0 Å². The minimum absolute atomic E-state index is 0.723. The summed E-state index contributed by atoms with van der Waals surface area (Å²) in [6, 6.07) is 9.09. The van der Waals surface area contributed by atoms with Crippen molar-refractivity contribution < 1.29 is 10.2 Å². The van der Waals surface area contributed by atoms with Gasteiger partial charge in [0.2, 0.25) is 0 Å². The van der Waals surface area contributed by atoms with Gasteiger partial charge >= 0.3 is 0 Å². The van der Waals surface area contributed by atoms with E-state index >= 15 is 0 Å². The molecule has 0 aliphatic rings. The van der Waals surface area contributed by atoms with Crippen LogP contribution in [-0.4, -0.2) is 22.4 Å². The molecule has 0 spiro atoms. The Balaban J connectivity index is 1.98. The van der Waals surface area contributed by atoms with Gasteiger partial charge in [0.25, 0.3) is 0 Å². The highest BCUT2D eigenvalue weighted by Gasteiger charge is 2.15. The number of benzene rings is 1. The first-order valence-corrected chi connectivity index (χ1v) is 12.2. The Morgan fingerprint density at radius 2 is 1.20 bits per heavy atom. The van der Waals surface area contributed by atoms with E-state index < -0.39 is 14.0 Å². The van der Waals surface area contributed by atoms with Crippen LogP contribution in [0.25, 0.3) is 0 Å². The van der Waals surface area contributed by atoms with E-state index in [0.717, 1.165) is 18.7 Å². The number of hydrogen-bond acceptors (Lipinski definition) is 2. The normalized spacial score (nSPS) is 12.6. The van der Waals surface area contributed by atoms with Crippen LogP contribution in [0.4, 0.5) is 0 Å². The third kappa shape index (κ3) is 12.5. The van der Waals surface area contributed by atoms with Crippen molar-refractivity contribution in [3.8, 4) is 0 Å². The van der Waals surface area contributed by atoms with Crippen LogP contribution < -0.4 is 0 Å². The van der Waals surface area contributed by atoms with Crippen molar-refractivity contribution >= 4 is 7.92 Å². The fourth-order valence-electron chi connectivity index (χ4n) is 3.25. The van der Waals surface area contributed by atoms with Crippen LogP contribution in [0.15, 0.2) is 30.3 Å². The van der Waals surface area contributed by atoms with E-state index in [-0.39, 0.29) is 0 Å². The van der Waals surface area contributed by atoms with Gasteiger partial charge in [-0.3, -0.25) is 0 Å². The molecule has 0 aliphatic carbocycles. The van der Waals surface area contributed by atoms with Gasteiger partial charge in [-0.1, -0.05) is 108 Å². The SMILES string of the molecule is CCCCCCCCCCCCCCP(Cc1ccccc1)C(O)O. The Morgan fingerprint density at radius 3 is 1.68 bits per heavy atom. The standard InChI is InChI=1S/C22H39O2P/c1-2-3-4-5-6-7-8-9-10-11-12-16-19-25(22(23)24)20-21-17-14-13-15-18-21/h13-15,17-18,22-24H,2-12,16,19-20H2,1H3. The molecule has 0 aromatic heterocycles. The highest BCUT2D eigenvalue weighted by molar-refractivity contribution is 7.57. The highest BCUT2D eigenvalue weighted by Crippen LogP contribution is 2.43. The van der Waals surface area contributed by atoms with Crippen LogP contribution in [0, 0.1) is 0 Å². The second kappa shape index (κ2) is 15.8. The molecule has 2 N–H and O–H groups in total. The van der Waals surface area contributed by atoms with Crippen LogP contribution in [0.2, 0.25) is 0 Å². The topological polar surface area (TPSA) is 40.5 Å². The summed E-state index contributed by atoms with van der Waals surface area (Å²) in [4.78, 5) is 0. The van der Waals surface area contributed by atoms with Gasteiger partial charge in [0.05, 0.1) is 0 Å². The summed E-state index contributed by atoms with van der Waals surface area (Å²) in [5.41, 5.74) is 1.22. The second-order valence-electron chi connectivity index (χ2n) is 7.19. The molecule has 0 amide bonds. The summed E-state index contributed by atoms with van der Waals surface area (Å²) in [5, 5.41) is 19.3. The van der Waals surface area contributed by atoms with Crippen LogP contribution in [0.5, 0.6) is 0 Å². The van der Waals surface area contributed by atoms with Gasteiger partial charge in [-0.25, -0.2) is 0 Å². The van der Waals surface area contributed by atoms with E-state index in [9.17, 15) is 10.2 Å². The highest BCUT2D eigenvalue weighted by atomic mass is 31.1. The molecule has 0 bridgehead atoms. The van der Waals surface area contributed by atoms with Crippen LogP contribution >= 0.6 is 7.92 Å².